The molecule has 3 atom stereocenters. The van der Waals surface area contributed by atoms with E-state index in [0.29, 0.717) is 54.3 Å². The van der Waals surface area contributed by atoms with E-state index >= 15 is 8.78 Å². The number of rotatable bonds is 9. The molecular weight excluding hydrogens is 771 g/mol. The highest BCUT2D eigenvalue weighted by Crippen LogP contribution is 2.50. The second kappa shape index (κ2) is 21.6. The maximum absolute atomic E-state index is 17.3. The van der Waals surface area contributed by atoms with Gasteiger partial charge < -0.3 is 34.6 Å². The van der Waals surface area contributed by atoms with E-state index in [1.54, 1.807) is 0 Å². The number of phenolic OH excluding ortho intramolecular Hbond substituents is 1. The molecule has 0 spiro atoms. The highest BCUT2D eigenvalue weighted by atomic mass is 19.1. The summed E-state index contributed by atoms with van der Waals surface area (Å²) in [5.41, 5.74) is -0.169. The number of piperidine rings is 2. The van der Waals surface area contributed by atoms with Gasteiger partial charge in [-0.3, -0.25) is 9.69 Å². The van der Waals surface area contributed by atoms with Crippen molar-refractivity contribution in [3.63, 3.8) is 0 Å². The van der Waals surface area contributed by atoms with Gasteiger partial charge in [-0.15, -0.1) is 6.42 Å². The molecule has 60 heavy (non-hydrogen) atoms. The van der Waals surface area contributed by atoms with Crippen LogP contribution in [0.15, 0.2) is 24.3 Å². The molecule has 4 fully saturated rings. The molecule has 12 nitrogen and oxygen atoms in total. The zero-order valence-electron chi connectivity index (χ0n) is 36.0. The third kappa shape index (κ3) is 9.54. The Labute approximate surface area is 353 Å². The molecule has 0 amide bonds. The largest absolute Gasteiger partial charge is 0.508 e. The Balaban J connectivity index is 0.000000922. The molecule has 14 heteroatoms. The average Bonchev–Trinajstić information content (AvgIpc) is 3.72. The number of likely N-dealkylation sites (tertiary alicyclic amines) is 1. The normalized spacial score (nSPS) is 21.6. The van der Waals surface area contributed by atoms with Crippen LogP contribution in [-0.4, -0.2) is 109 Å². The highest BCUT2D eigenvalue weighted by Gasteiger charge is 2.50. The zero-order valence-corrected chi connectivity index (χ0v) is 36.0. The van der Waals surface area contributed by atoms with Gasteiger partial charge in [-0.2, -0.15) is 9.97 Å². The summed E-state index contributed by atoms with van der Waals surface area (Å²) in [4.78, 5) is 27.7. The lowest BCUT2D eigenvalue weighted by Gasteiger charge is -2.50. The monoisotopic (exact) mass is 832 g/mol. The zero-order chi connectivity index (χ0) is 43.4. The lowest BCUT2D eigenvalue weighted by Crippen LogP contribution is -2.56. The van der Waals surface area contributed by atoms with E-state index in [4.69, 9.17) is 40.5 Å². The molecule has 4 aromatic rings. The molecule has 326 valence electrons. The van der Waals surface area contributed by atoms with Crippen molar-refractivity contribution in [2.24, 2.45) is 11.3 Å². The van der Waals surface area contributed by atoms with Gasteiger partial charge in [0.1, 0.15) is 34.0 Å². The van der Waals surface area contributed by atoms with E-state index in [-0.39, 0.29) is 57.3 Å². The smallest absolute Gasteiger partial charge is 0.319 e. The molecular formula is C46H62F2N6O6. The first-order valence-corrected chi connectivity index (χ1v) is 21.6. The van der Waals surface area contributed by atoms with Gasteiger partial charge in [0.15, 0.2) is 5.82 Å². The van der Waals surface area contributed by atoms with Crippen LogP contribution >= 0.6 is 0 Å². The third-order valence-corrected chi connectivity index (χ3v) is 12.2. The number of terminal acetylenes is 1. The number of hydrogen-bond acceptors (Lipinski definition) is 11. The van der Waals surface area contributed by atoms with Gasteiger partial charge in [0.2, 0.25) is 5.88 Å². The van der Waals surface area contributed by atoms with Gasteiger partial charge in [-0.1, -0.05) is 46.1 Å². The molecule has 2 aromatic carbocycles. The van der Waals surface area contributed by atoms with Gasteiger partial charge in [0.25, 0.3) is 6.47 Å². The highest BCUT2D eigenvalue weighted by molar-refractivity contribution is 6.04. The molecule has 1 aliphatic carbocycles. The Kier molecular flexibility index (Phi) is 16.6. The average molecular weight is 833 g/mol. The number of methoxy groups -OCH3 is 1. The van der Waals surface area contributed by atoms with E-state index in [0.717, 1.165) is 84.1 Å². The molecule has 1 saturated carbocycles. The van der Waals surface area contributed by atoms with Crippen LogP contribution in [0.3, 0.4) is 0 Å². The first-order chi connectivity index (χ1) is 29.2. The number of anilines is 1. The van der Waals surface area contributed by atoms with E-state index in [1.807, 2.05) is 34.7 Å². The predicted molar refractivity (Wildman–Crippen MR) is 232 cm³/mol. The molecule has 0 radical (unpaired) electrons. The van der Waals surface area contributed by atoms with Crippen molar-refractivity contribution in [2.75, 3.05) is 65.1 Å². The molecule has 5 heterocycles. The Morgan fingerprint density at radius 1 is 1.02 bits per heavy atom. The fourth-order valence-electron chi connectivity index (χ4n) is 9.79. The first-order valence-electron chi connectivity index (χ1n) is 21.6. The molecule has 8 rings (SSSR count). The topological polar surface area (TPSA) is 142 Å². The lowest BCUT2D eigenvalue weighted by atomic mass is 9.74. The molecule has 3 saturated heterocycles. The number of pyridine rings is 1. The van der Waals surface area contributed by atoms with Gasteiger partial charge in [-0.25, -0.2) is 13.8 Å². The quantitative estimate of drug-likeness (QED) is 0.111. The predicted octanol–water partition coefficient (Wildman–Crippen LogP) is 8.20. The summed E-state index contributed by atoms with van der Waals surface area (Å²) in [5, 5.41) is 22.0. The number of phenols is 1. The van der Waals surface area contributed by atoms with Crippen molar-refractivity contribution < 1.29 is 38.0 Å². The van der Waals surface area contributed by atoms with Crippen LogP contribution in [-0.2, 0) is 9.53 Å². The first kappa shape index (κ1) is 46.2. The second-order valence-corrected chi connectivity index (χ2v) is 15.4. The van der Waals surface area contributed by atoms with Crippen molar-refractivity contribution in [1.82, 2.24) is 25.2 Å². The molecule has 3 N–H and O–H groups in total. The Morgan fingerprint density at radius 3 is 2.45 bits per heavy atom. The lowest BCUT2D eigenvalue weighted by molar-refractivity contribution is -0.122. The summed E-state index contributed by atoms with van der Waals surface area (Å²) in [6.07, 6.45) is 15.4. The van der Waals surface area contributed by atoms with Gasteiger partial charge in [0.05, 0.1) is 19.3 Å². The number of carboxylic acid groups (broad SMARTS) is 1. The van der Waals surface area contributed by atoms with Crippen molar-refractivity contribution in [1.29, 1.82) is 0 Å². The fourth-order valence-corrected chi connectivity index (χ4v) is 9.79. The molecule has 3 unspecified atom stereocenters. The van der Waals surface area contributed by atoms with Gasteiger partial charge >= 0.3 is 6.01 Å². The SMILES string of the molecule is C#Cc1c(F)ccc2cc(O)cc(-c3nc(OC)c4c(N5CCCC(CNC)C5)nc(OCC56CCCC5N(C5CCOCC5)CCC6)nc4c3F)c12.CC.CC.O=CO. The molecule has 0 bridgehead atoms. The van der Waals surface area contributed by atoms with Crippen LogP contribution in [0.5, 0.6) is 17.6 Å². The number of hydrogen-bond donors (Lipinski definition) is 3. The van der Waals surface area contributed by atoms with Crippen molar-refractivity contribution in [3.05, 3.63) is 41.5 Å². The summed E-state index contributed by atoms with van der Waals surface area (Å²) in [6, 6.07) is 6.56. The standard InChI is InChI=1S/C41H48F2N6O4.2C2H6.CH2O2/c1-4-29-31(42)11-10-26-20-28(50)21-30(33(26)29)36-35(43)37-34(39(45-36)51-3)38(48-16-6-8-25(23-48)22-44-2)47-40(46-37)53-24-41-14-5-9-32(41)49(17-7-15-41)27-12-18-52-19-13-27;2*1-2;2-1-3/h1,10-11,20-21,25,27,32,44,50H,5-9,12-19,22-24H2,2-3H3;2*1-2H3;1H,(H,2,3). The van der Waals surface area contributed by atoms with E-state index in [1.165, 1.54) is 31.4 Å². The number of carbonyl (C=O) groups is 1. The maximum Gasteiger partial charge on any atom is 0.319 e. The minimum atomic E-state index is -0.766. The Bertz CT molecular complexity index is 2110. The summed E-state index contributed by atoms with van der Waals surface area (Å²) in [6.45, 7) is 13.1. The van der Waals surface area contributed by atoms with Crippen LogP contribution in [0, 0.1) is 35.3 Å². The number of nitrogens with zero attached hydrogens (tertiary/aromatic N) is 5. The summed E-state index contributed by atoms with van der Waals surface area (Å²) < 4.78 is 50.6. The number of aromatic nitrogens is 3. The molecule has 4 aliphatic rings. The summed E-state index contributed by atoms with van der Waals surface area (Å²) >= 11 is 0. The van der Waals surface area contributed by atoms with Crippen LogP contribution in [0.2, 0.25) is 0 Å². The van der Waals surface area contributed by atoms with Crippen LogP contribution < -0.4 is 19.7 Å². The minimum Gasteiger partial charge on any atom is -0.508 e. The minimum absolute atomic E-state index is 0.0225. The number of ether oxygens (including phenoxy) is 3. The van der Waals surface area contributed by atoms with Crippen LogP contribution in [0.1, 0.15) is 91.0 Å². The number of halogens is 2. The molecule has 3 aliphatic heterocycles. The second-order valence-electron chi connectivity index (χ2n) is 15.4. The number of nitrogens with one attached hydrogen (secondary N) is 1. The maximum atomic E-state index is 17.3. The molecule has 2 aromatic heterocycles. The van der Waals surface area contributed by atoms with E-state index in [9.17, 15) is 5.11 Å². The number of fused-ring (bicyclic) bond motifs is 3. The summed E-state index contributed by atoms with van der Waals surface area (Å²) in [7, 11) is 3.42. The Morgan fingerprint density at radius 2 is 1.75 bits per heavy atom. The van der Waals surface area contributed by atoms with E-state index < -0.39 is 11.6 Å². The Hall–Kier alpha value is -4.84. The van der Waals surface area contributed by atoms with Crippen molar-refractivity contribution in [3.8, 4) is 41.2 Å². The number of aromatic hydroxyl groups is 1. The third-order valence-electron chi connectivity index (χ3n) is 12.2. The van der Waals surface area contributed by atoms with Crippen molar-refractivity contribution >= 4 is 34.0 Å². The van der Waals surface area contributed by atoms with Crippen LogP contribution in [0.4, 0.5) is 14.6 Å². The van der Waals surface area contributed by atoms with E-state index in [2.05, 4.69) is 26.0 Å². The van der Waals surface area contributed by atoms with Crippen molar-refractivity contribution in [2.45, 2.75) is 97.6 Å². The van der Waals surface area contributed by atoms with Gasteiger partial charge in [-0.05, 0) is 101 Å². The van der Waals surface area contributed by atoms with Gasteiger partial charge in [0, 0.05) is 54.8 Å². The number of benzene rings is 2. The summed E-state index contributed by atoms with van der Waals surface area (Å²) in [5.74, 6) is 1.84. The fraction of sp³-hybridized carbons (Fsp3) is 0.565. The van der Waals surface area contributed by atoms with Crippen LogP contribution in [0.25, 0.3) is 32.9 Å².